The van der Waals surface area contributed by atoms with E-state index in [4.69, 9.17) is 6.57 Å². The van der Waals surface area contributed by atoms with Gasteiger partial charge in [0.25, 0.3) is 0 Å². The molecular weight excluding hydrogens is 671 g/mol. The maximum absolute atomic E-state index is 10.6. The zero-order valence-electron chi connectivity index (χ0n) is 29.5. The Hall–Kier alpha value is -7.86. The lowest BCUT2D eigenvalue weighted by molar-refractivity contribution is 1.16. The van der Waals surface area contributed by atoms with E-state index in [1.54, 1.807) is 0 Å². The molecule has 0 unspecified atom stereocenters. The number of rotatable bonds is 4. The summed E-state index contributed by atoms with van der Waals surface area (Å²) in [5, 5.41) is 17.5. The van der Waals surface area contributed by atoms with Crippen LogP contribution >= 0.6 is 0 Å². The van der Waals surface area contributed by atoms with Crippen LogP contribution in [0.3, 0.4) is 0 Å². The average molecular weight is 700 g/mol. The minimum Gasteiger partial charge on any atom is -0.318 e. The van der Waals surface area contributed by atoms with Gasteiger partial charge in [0.15, 0.2) is 0 Å². The fourth-order valence-electron chi connectivity index (χ4n) is 8.84. The maximum Gasteiger partial charge on any atom is 0.211 e. The monoisotopic (exact) mass is 699 g/mol. The van der Waals surface area contributed by atoms with Crippen molar-refractivity contribution in [1.29, 1.82) is 5.26 Å². The molecular formula is C50H29N5. The SMILES string of the molecule is [C-]#[N+]c1cccc2c3ccccc3n(-c3cccc(C#N)c3-c3cccc(-n4c5ccccc5c5cc(-n6c7ccccc7c7ccccc76)ccc54)c3)c12. The van der Waals surface area contributed by atoms with Gasteiger partial charge < -0.3 is 13.7 Å². The fourth-order valence-corrected chi connectivity index (χ4v) is 8.84. The minimum absolute atomic E-state index is 0.568. The molecule has 0 saturated heterocycles. The lowest BCUT2D eigenvalue weighted by Crippen LogP contribution is -2.01. The third-order valence-electron chi connectivity index (χ3n) is 11.1. The number of hydrogen-bond donors (Lipinski definition) is 0. The van der Waals surface area contributed by atoms with Crippen LogP contribution in [0.4, 0.5) is 5.69 Å². The van der Waals surface area contributed by atoms with E-state index in [9.17, 15) is 5.26 Å². The second-order valence-corrected chi connectivity index (χ2v) is 13.9. The molecule has 0 spiro atoms. The number of fused-ring (bicyclic) bond motifs is 9. The largest absolute Gasteiger partial charge is 0.318 e. The summed E-state index contributed by atoms with van der Waals surface area (Å²) in [6.07, 6.45) is 0. The third kappa shape index (κ3) is 4.39. The standard InChI is InChI=1S/C50H29N5/c1-52-42-21-12-20-40-38-18-4-9-25-46(38)55(50(40)42)48-26-11-14-33(31-51)49(48)32-13-10-15-34(29-32)53-45-24-8-5-19-39(45)41-30-35(27-28-47(41)53)54-43-22-6-2-16-36(43)37-17-3-7-23-44(37)54/h2-30H. The molecule has 11 rings (SSSR count). The van der Waals surface area contributed by atoms with Gasteiger partial charge in [-0.25, -0.2) is 4.85 Å². The van der Waals surface area contributed by atoms with Crippen molar-refractivity contribution in [2.24, 2.45) is 0 Å². The Labute approximate surface area is 316 Å². The molecule has 0 bridgehead atoms. The Bertz CT molecular complexity index is 3420. The molecule has 0 aliphatic heterocycles. The van der Waals surface area contributed by atoms with Crippen LogP contribution in [0.15, 0.2) is 176 Å². The van der Waals surface area contributed by atoms with Crippen molar-refractivity contribution in [2.45, 2.75) is 0 Å². The lowest BCUT2D eigenvalue weighted by Gasteiger charge is -2.17. The van der Waals surface area contributed by atoms with E-state index in [0.717, 1.165) is 66.4 Å². The van der Waals surface area contributed by atoms with Crippen LogP contribution in [-0.2, 0) is 0 Å². The third-order valence-corrected chi connectivity index (χ3v) is 11.1. The first kappa shape index (κ1) is 30.7. The summed E-state index contributed by atoms with van der Waals surface area (Å²) in [6, 6.07) is 63.6. The average Bonchev–Trinajstić information content (AvgIpc) is 3.89. The van der Waals surface area contributed by atoms with Crippen LogP contribution < -0.4 is 0 Å². The summed E-state index contributed by atoms with van der Waals surface area (Å²) in [6.45, 7) is 8.07. The van der Waals surface area contributed by atoms with Crippen molar-refractivity contribution in [1.82, 2.24) is 13.7 Å². The van der Waals surface area contributed by atoms with Gasteiger partial charge in [0.1, 0.15) is 0 Å². The predicted octanol–water partition coefficient (Wildman–Crippen LogP) is 13.1. The number of nitriles is 1. The molecule has 0 amide bonds. The normalized spacial score (nSPS) is 11.6. The fraction of sp³-hybridized carbons (Fsp3) is 0. The number of benzene rings is 8. The van der Waals surface area contributed by atoms with Crippen LogP contribution in [0.25, 0.3) is 98.5 Å². The van der Waals surface area contributed by atoms with E-state index >= 15 is 0 Å². The predicted molar refractivity (Wildman–Crippen MR) is 226 cm³/mol. The van der Waals surface area contributed by atoms with E-state index in [-0.39, 0.29) is 0 Å². The molecule has 3 aromatic heterocycles. The van der Waals surface area contributed by atoms with Gasteiger partial charge in [-0.1, -0.05) is 109 Å². The summed E-state index contributed by atoms with van der Waals surface area (Å²) in [5.74, 6) is 0. The molecule has 3 heterocycles. The minimum atomic E-state index is 0.568. The molecule has 0 fully saturated rings. The molecule has 55 heavy (non-hydrogen) atoms. The summed E-state index contributed by atoms with van der Waals surface area (Å²) < 4.78 is 6.86. The molecule has 8 aromatic carbocycles. The number of para-hydroxylation sites is 5. The summed E-state index contributed by atoms with van der Waals surface area (Å²) in [4.78, 5) is 3.94. The molecule has 254 valence electrons. The van der Waals surface area contributed by atoms with Gasteiger partial charge in [-0.05, 0) is 77.7 Å². The highest BCUT2D eigenvalue weighted by Gasteiger charge is 2.21. The van der Waals surface area contributed by atoms with E-state index in [0.29, 0.717) is 11.3 Å². The lowest BCUT2D eigenvalue weighted by atomic mass is 9.97. The van der Waals surface area contributed by atoms with Crippen molar-refractivity contribution in [2.75, 3.05) is 0 Å². The number of nitrogens with zero attached hydrogens (tertiary/aromatic N) is 5. The first-order valence-corrected chi connectivity index (χ1v) is 18.3. The van der Waals surface area contributed by atoms with Crippen LogP contribution in [0.2, 0.25) is 0 Å². The van der Waals surface area contributed by atoms with Gasteiger partial charge in [-0.2, -0.15) is 5.26 Å². The second-order valence-electron chi connectivity index (χ2n) is 13.9. The summed E-state index contributed by atoms with van der Waals surface area (Å²) >= 11 is 0. The Morgan fingerprint density at radius 3 is 1.58 bits per heavy atom. The molecule has 0 atom stereocenters. The van der Waals surface area contributed by atoms with Crippen molar-refractivity contribution in [3.05, 3.63) is 193 Å². The van der Waals surface area contributed by atoms with E-state index in [2.05, 4.69) is 164 Å². The molecule has 0 N–H and O–H groups in total. The number of aromatic nitrogens is 3. The quantitative estimate of drug-likeness (QED) is 0.169. The highest BCUT2D eigenvalue weighted by molar-refractivity contribution is 6.14. The van der Waals surface area contributed by atoms with Gasteiger partial charge in [0, 0.05) is 43.9 Å². The highest BCUT2D eigenvalue weighted by atomic mass is 15.0. The molecule has 11 aromatic rings. The second kappa shape index (κ2) is 11.8. The molecule has 0 saturated carbocycles. The molecule has 5 heteroatoms. The van der Waals surface area contributed by atoms with E-state index in [1.807, 2.05) is 36.4 Å². The van der Waals surface area contributed by atoms with Crippen LogP contribution in [-0.4, -0.2) is 13.7 Å². The topological polar surface area (TPSA) is 42.9 Å². The van der Waals surface area contributed by atoms with Gasteiger partial charge in [-0.15, -0.1) is 0 Å². The van der Waals surface area contributed by atoms with Crippen molar-refractivity contribution in [3.63, 3.8) is 0 Å². The van der Waals surface area contributed by atoms with Gasteiger partial charge in [0.2, 0.25) is 5.69 Å². The zero-order chi connectivity index (χ0) is 36.6. The van der Waals surface area contributed by atoms with Crippen molar-refractivity contribution >= 4 is 71.1 Å². The number of hydrogen-bond acceptors (Lipinski definition) is 1. The van der Waals surface area contributed by atoms with Crippen LogP contribution in [0, 0.1) is 17.9 Å². The molecule has 5 nitrogen and oxygen atoms in total. The molecule has 0 aliphatic carbocycles. The summed E-state index contributed by atoms with van der Waals surface area (Å²) in [7, 11) is 0. The van der Waals surface area contributed by atoms with Crippen LogP contribution in [0.1, 0.15) is 5.56 Å². The van der Waals surface area contributed by atoms with Crippen molar-refractivity contribution < 1.29 is 0 Å². The zero-order valence-corrected chi connectivity index (χ0v) is 29.5. The van der Waals surface area contributed by atoms with Gasteiger partial charge >= 0.3 is 0 Å². The Kier molecular flexibility index (Phi) is 6.61. The van der Waals surface area contributed by atoms with Crippen LogP contribution in [0.5, 0.6) is 0 Å². The smallest absolute Gasteiger partial charge is 0.211 e. The van der Waals surface area contributed by atoms with E-state index in [1.165, 1.54) is 27.2 Å². The molecule has 0 aliphatic rings. The summed E-state index contributed by atoms with van der Waals surface area (Å²) in [5.41, 5.74) is 12.2. The maximum atomic E-state index is 10.6. The van der Waals surface area contributed by atoms with E-state index < -0.39 is 0 Å². The molecule has 0 radical (unpaired) electrons. The Morgan fingerprint density at radius 2 is 0.945 bits per heavy atom. The van der Waals surface area contributed by atoms with Gasteiger partial charge in [0.05, 0.1) is 57.0 Å². The van der Waals surface area contributed by atoms with Crippen molar-refractivity contribution in [3.8, 4) is 34.3 Å². The first-order valence-electron chi connectivity index (χ1n) is 18.3. The van der Waals surface area contributed by atoms with Gasteiger partial charge in [-0.3, -0.25) is 0 Å². The highest BCUT2D eigenvalue weighted by Crippen LogP contribution is 2.42. The first-order chi connectivity index (χ1) is 27.2. The Morgan fingerprint density at radius 1 is 0.436 bits per heavy atom. The Balaban J connectivity index is 1.15.